The highest BCUT2D eigenvalue weighted by molar-refractivity contribution is 6.22. The average molecular weight is 596 g/mol. The minimum absolute atomic E-state index is 0.0433. The van der Waals surface area contributed by atoms with Gasteiger partial charge in [0.15, 0.2) is 11.5 Å². The third-order valence-electron chi connectivity index (χ3n) is 7.19. The third-order valence-corrected chi connectivity index (χ3v) is 7.19. The van der Waals surface area contributed by atoms with Crippen LogP contribution in [-0.2, 0) is 6.18 Å². The summed E-state index contributed by atoms with van der Waals surface area (Å²) in [5.41, 5.74) is -2.13. The van der Waals surface area contributed by atoms with Gasteiger partial charge in [-0.25, -0.2) is 4.79 Å². The molecule has 0 saturated heterocycles. The molecule has 0 bridgehead atoms. The predicted octanol–water partition coefficient (Wildman–Crippen LogP) is 6.11. The van der Waals surface area contributed by atoms with E-state index >= 15 is 0 Å². The maximum atomic E-state index is 14.1. The first-order chi connectivity index (χ1) is 20.4. The summed E-state index contributed by atoms with van der Waals surface area (Å²) in [6, 6.07) is 10.8. The number of hydrogen-bond acceptors (Lipinski definition) is 8. The van der Waals surface area contributed by atoms with Gasteiger partial charge in [-0.3, -0.25) is 19.3 Å². The van der Waals surface area contributed by atoms with Gasteiger partial charge in [-0.1, -0.05) is 13.0 Å². The van der Waals surface area contributed by atoms with Crippen molar-refractivity contribution >= 4 is 28.8 Å². The number of alkyl halides is 3. The molecule has 2 heterocycles. The van der Waals surface area contributed by atoms with E-state index in [1.807, 2.05) is 6.92 Å². The monoisotopic (exact) mass is 595 g/mol. The third kappa shape index (κ3) is 5.09. The normalized spacial score (nSPS) is 13.7. The number of carbonyl (C=O) groups is 3. The van der Waals surface area contributed by atoms with Crippen molar-refractivity contribution in [2.75, 3.05) is 14.2 Å². The minimum atomic E-state index is -5.06. The Morgan fingerprint density at radius 2 is 1.60 bits per heavy atom. The van der Waals surface area contributed by atoms with Gasteiger partial charge in [0.1, 0.15) is 11.3 Å². The maximum absolute atomic E-state index is 14.1. The number of hydrogen-bond donors (Lipinski definition) is 0. The smallest absolute Gasteiger partial charge is 0.450 e. The van der Waals surface area contributed by atoms with E-state index in [-0.39, 0.29) is 50.9 Å². The van der Waals surface area contributed by atoms with Crippen LogP contribution in [0.1, 0.15) is 57.1 Å². The van der Waals surface area contributed by atoms with E-state index in [1.165, 1.54) is 62.8 Å². The van der Waals surface area contributed by atoms with Gasteiger partial charge in [0.2, 0.25) is 11.2 Å². The SMILES string of the molecule is CCC(C)N1C(=O)c2ccc(C(=O)Oc3ccc4c(=O)c(-c5ccc(OC)c(OC)c5)c(C(F)(F)F)oc4c3)cc2C1=O. The van der Waals surface area contributed by atoms with Crippen molar-refractivity contribution in [1.82, 2.24) is 4.90 Å². The van der Waals surface area contributed by atoms with Crippen molar-refractivity contribution in [3.63, 3.8) is 0 Å². The van der Waals surface area contributed by atoms with Gasteiger partial charge in [-0.05, 0) is 61.4 Å². The summed E-state index contributed by atoms with van der Waals surface area (Å²) in [7, 11) is 2.67. The number of nitrogens with zero attached hydrogens (tertiary/aromatic N) is 1. The lowest BCUT2D eigenvalue weighted by Gasteiger charge is -2.20. The number of esters is 1. The van der Waals surface area contributed by atoms with Crippen molar-refractivity contribution in [3.8, 4) is 28.4 Å². The molecule has 0 fully saturated rings. The van der Waals surface area contributed by atoms with Crippen molar-refractivity contribution in [3.05, 3.63) is 87.3 Å². The molecule has 9 nitrogen and oxygen atoms in total. The van der Waals surface area contributed by atoms with Crippen LogP contribution in [0.4, 0.5) is 13.2 Å². The molecule has 0 radical (unpaired) electrons. The molecule has 4 aromatic rings. The molecule has 1 aliphatic heterocycles. The molecule has 0 N–H and O–H groups in total. The Labute approximate surface area is 242 Å². The van der Waals surface area contributed by atoms with Crippen LogP contribution in [0.15, 0.2) is 63.8 Å². The van der Waals surface area contributed by atoms with Gasteiger partial charge in [-0.2, -0.15) is 13.2 Å². The van der Waals surface area contributed by atoms with Crippen LogP contribution in [0.25, 0.3) is 22.1 Å². The molecule has 1 aliphatic rings. The highest BCUT2D eigenvalue weighted by atomic mass is 19.4. The lowest BCUT2D eigenvalue weighted by atomic mass is 10.0. The largest absolute Gasteiger partial charge is 0.493 e. The van der Waals surface area contributed by atoms with E-state index in [9.17, 15) is 32.3 Å². The Balaban J connectivity index is 1.51. The van der Waals surface area contributed by atoms with Crippen LogP contribution in [0.3, 0.4) is 0 Å². The number of ether oxygens (including phenoxy) is 3. The van der Waals surface area contributed by atoms with Crippen LogP contribution in [0.2, 0.25) is 0 Å². The lowest BCUT2D eigenvalue weighted by molar-refractivity contribution is -0.152. The van der Waals surface area contributed by atoms with E-state index in [0.29, 0.717) is 6.42 Å². The molecular formula is C31H24F3NO8. The van der Waals surface area contributed by atoms with Crippen LogP contribution >= 0.6 is 0 Å². The van der Waals surface area contributed by atoms with Gasteiger partial charge >= 0.3 is 12.1 Å². The number of methoxy groups -OCH3 is 2. The standard InChI is InChI=1S/C31H24F3NO8/c1-5-15(2)35-28(37)19-9-6-17(12-21(19)29(35)38)30(39)42-18-8-10-20-23(14-18)43-27(31(32,33)34)25(26(20)36)16-7-11-22(40-3)24(13-16)41-4/h6-15H,5H2,1-4H3. The van der Waals surface area contributed by atoms with Gasteiger partial charge in [0.05, 0.1) is 41.9 Å². The molecule has 222 valence electrons. The first-order valence-electron chi connectivity index (χ1n) is 13.0. The molecule has 3 aromatic carbocycles. The second-order valence-electron chi connectivity index (χ2n) is 9.75. The number of fused-ring (bicyclic) bond motifs is 2. The predicted molar refractivity (Wildman–Crippen MR) is 148 cm³/mol. The highest BCUT2D eigenvalue weighted by Crippen LogP contribution is 2.40. The molecule has 1 unspecified atom stereocenters. The van der Waals surface area contributed by atoms with Crippen molar-refractivity contribution < 1.29 is 46.2 Å². The van der Waals surface area contributed by atoms with E-state index < -0.39 is 46.3 Å². The summed E-state index contributed by atoms with van der Waals surface area (Å²) in [5.74, 6) is -3.34. The van der Waals surface area contributed by atoms with Crippen LogP contribution in [-0.4, -0.2) is 42.9 Å². The van der Waals surface area contributed by atoms with Gasteiger partial charge in [-0.15, -0.1) is 0 Å². The number of halogens is 3. The summed E-state index contributed by atoms with van der Waals surface area (Å²) in [6.07, 6.45) is -4.51. The lowest BCUT2D eigenvalue weighted by Crippen LogP contribution is -2.37. The fourth-order valence-electron chi connectivity index (χ4n) is 4.83. The van der Waals surface area contributed by atoms with Gasteiger partial charge in [0.25, 0.3) is 11.8 Å². The number of carbonyl (C=O) groups excluding carboxylic acids is 3. The van der Waals surface area contributed by atoms with E-state index in [1.54, 1.807) is 6.92 Å². The van der Waals surface area contributed by atoms with Gasteiger partial charge < -0.3 is 18.6 Å². The number of amides is 2. The zero-order valence-corrected chi connectivity index (χ0v) is 23.3. The molecule has 0 saturated carbocycles. The number of imide groups is 1. The Morgan fingerprint density at radius 1 is 0.907 bits per heavy atom. The second kappa shape index (κ2) is 10.9. The fourth-order valence-corrected chi connectivity index (χ4v) is 4.83. The zero-order valence-electron chi connectivity index (χ0n) is 23.3. The summed E-state index contributed by atoms with van der Waals surface area (Å²) in [5, 5.41) is -0.190. The van der Waals surface area contributed by atoms with Crippen LogP contribution < -0.4 is 19.6 Å². The van der Waals surface area contributed by atoms with E-state index in [2.05, 4.69) is 0 Å². The Hall–Kier alpha value is -5.13. The quantitative estimate of drug-likeness (QED) is 0.143. The summed E-state index contributed by atoms with van der Waals surface area (Å²) in [6.45, 7) is 3.56. The molecular weight excluding hydrogens is 571 g/mol. The van der Waals surface area contributed by atoms with Crippen molar-refractivity contribution in [1.29, 1.82) is 0 Å². The highest BCUT2D eigenvalue weighted by Gasteiger charge is 2.40. The molecule has 1 atom stereocenters. The zero-order chi connectivity index (χ0) is 31.2. The number of rotatable bonds is 7. The van der Waals surface area contributed by atoms with E-state index in [4.69, 9.17) is 18.6 Å². The van der Waals surface area contributed by atoms with Crippen molar-refractivity contribution in [2.45, 2.75) is 32.5 Å². The fraction of sp³-hybridized carbons (Fsp3) is 0.226. The van der Waals surface area contributed by atoms with Gasteiger partial charge in [0, 0.05) is 12.1 Å². The van der Waals surface area contributed by atoms with Crippen LogP contribution in [0.5, 0.6) is 17.2 Å². The topological polar surface area (TPSA) is 112 Å². The molecule has 12 heteroatoms. The second-order valence-corrected chi connectivity index (χ2v) is 9.75. The van der Waals surface area contributed by atoms with E-state index in [0.717, 1.165) is 11.0 Å². The Bertz CT molecular complexity index is 1860. The summed E-state index contributed by atoms with van der Waals surface area (Å²) in [4.78, 5) is 52.9. The van der Waals surface area contributed by atoms with Crippen LogP contribution in [0, 0.1) is 0 Å². The maximum Gasteiger partial charge on any atom is 0.450 e. The molecule has 2 amide bonds. The Kier molecular flexibility index (Phi) is 7.47. The molecule has 1 aromatic heterocycles. The molecule has 43 heavy (non-hydrogen) atoms. The first kappa shape index (κ1) is 29.4. The molecule has 0 aliphatic carbocycles. The summed E-state index contributed by atoms with van der Waals surface area (Å²) >= 11 is 0. The first-order valence-corrected chi connectivity index (χ1v) is 13.0. The molecule has 0 spiro atoms. The number of benzene rings is 3. The van der Waals surface area contributed by atoms with Crippen molar-refractivity contribution in [2.24, 2.45) is 0 Å². The molecule has 5 rings (SSSR count). The minimum Gasteiger partial charge on any atom is -0.493 e. The average Bonchev–Trinajstić information content (AvgIpc) is 3.24. The Morgan fingerprint density at radius 3 is 2.26 bits per heavy atom. The summed E-state index contributed by atoms with van der Waals surface area (Å²) < 4.78 is 63.3.